The van der Waals surface area contributed by atoms with Gasteiger partial charge in [0, 0.05) is 25.8 Å². The fourth-order valence-electron chi connectivity index (χ4n) is 1.71. The van der Waals surface area contributed by atoms with Gasteiger partial charge in [-0.1, -0.05) is 0 Å². The molecule has 0 fully saturated rings. The van der Waals surface area contributed by atoms with Crippen LogP contribution >= 0.6 is 0 Å². The number of benzene rings is 1. The SMILES string of the molecule is COCCCCNC(=O)c1cc(C)cc(C(=O)O)c1. The van der Waals surface area contributed by atoms with E-state index in [2.05, 4.69) is 5.32 Å². The first kappa shape index (κ1) is 15.2. The predicted octanol–water partition coefficient (Wildman–Crippen LogP) is 1.85. The number of methoxy groups -OCH3 is 1. The molecule has 19 heavy (non-hydrogen) atoms. The Kier molecular flexibility index (Phi) is 6.02. The molecule has 1 amide bonds. The predicted molar refractivity (Wildman–Crippen MR) is 71.6 cm³/mol. The number of aromatic carboxylic acids is 1. The quantitative estimate of drug-likeness (QED) is 0.738. The van der Waals surface area contributed by atoms with Crippen LogP contribution in [0.1, 0.15) is 39.1 Å². The molecule has 0 radical (unpaired) electrons. The van der Waals surface area contributed by atoms with Crippen LogP contribution in [0.2, 0.25) is 0 Å². The van der Waals surface area contributed by atoms with Crippen molar-refractivity contribution in [1.82, 2.24) is 5.32 Å². The minimum Gasteiger partial charge on any atom is -0.478 e. The molecule has 104 valence electrons. The number of hydrogen-bond acceptors (Lipinski definition) is 3. The van der Waals surface area contributed by atoms with Crippen molar-refractivity contribution in [1.29, 1.82) is 0 Å². The molecule has 0 aromatic heterocycles. The van der Waals surface area contributed by atoms with Crippen LogP contribution in [-0.2, 0) is 4.74 Å². The zero-order chi connectivity index (χ0) is 14.3. The van der Waals surface area contributed by atoms with Crippen molar-refractivity contribution in [2.75, 3.05) is 20.3 Å². The summed E-state index contributed by atoms with van der Waals surface area (Å²) < 4.78 is 4.91. The van der Waals surface area contributed by atoms with Gasteiger partial charge in [-0.05, 0) is 43.5 Å². The molecule has 0 spiro atoms. The maximum atomic E-state index is 11.9. The summed E-state index contributed by atoms with van der Waals surface area (Å²) in [5, 5.41) is 11.7. The van der Waals surface area contributed by atoms with E-state index in [1.807, 2.05) is 0 Å². The zero-order valence-corrected chi connectivity index (χ0v) is 11.2. The van der Waals surface area contributed by atoms with Crippen LogP contribution in [0.5, 0.6) is 0 Å². The monoisotopic (exact) mass is 265 g/mol. The summed E-state index contributed by atoms with van der Waals surface area (Å²) in [5.41, 5.74) is 1.26. The molecule has 1 aromatic rings. The standard InChI is InChI=1S/C14H19NO4/c1-10-7-11(9-12(8-10)14(17)18)13(16)15-5-3-4-6-19-2/h7-9H,3-6H2,1-2H3,(H,15,16)(H,17,18). The Bertz CT molecular complexity index is 457. The minimum atomic E-state index is -1.03. The number of hydrogen-bond donors (Lipinski definition) is 2. The number of carboxylic acids is 1. The van der Waals surface area contributed by atoms with E-state index < -0.39 is 5.97 Å². The van der Waals surface area contributed by atoms with Crippen LogP contribution in [0.4, 0.5) is 0 Å². The third-order valence-electron chi connectivity index (χ3n) is 2.65. The Balaban J connectivity index is 2.59. The molecular weight excluding hydrogens is 246 g/mol. The van der Waals surface area contributed by atoms with Gasteiger partial charge in [-0.3, -0.25) is 4.79 Å². The van der Waals surface area contributed by atoms with E-state index in [-0.39, 0.29) is 11.5 Å². The molecule has 1 aromatic carbocycles. The molecule has 0 heterocycles. The summed E-state index contributed by atoms with van der Waals surface area (Å²) in [6.45, 7) is 2.99. The Morgan fingerprint density at radius 3 is 2.53 bits per heavy atom. The van der Waals surface area contributed by atoms with Gasteiger partial charge in [0.15, 0.2) is 0 Å². The zero-order valence-electron chi connectivity index (χ0n) is 11.2. The van der Waals surface area contributed by atoms with Crippen molar-refractivity contribution in [3.63, 3.8) is 0 Å². The lowest BCUT2D eigenvalue weighted by molar-refractivity contribution is 0.0696. The number of unbranched alkanes of at least 4 members (excludes halogenated alkanes) is 1. The van der Waals surface area contributed by atoms with Crippen molar-refractivity contribution >= 4 is 11.9 Å². The number of carbonyl (C=O) groups is 2. The third kappa shape index (κ3) is 5.09. The topological polar surface area (TPSA) is 75.6 Å². The van der Waals surface area contributed by atoms with Gasteiger partial charge in [0.25, 0.3) is 5.91 Å². The summed E-state index contributed by atoms with van der Waals surface area (Å²) in [6.07, 6.45) is 1.71. The molecular formula is C14H19NO4. The van der Waals surface area contributed by atoms with E-state index in [9.17, 15) is 9.59 Å². The number of rotatable bonds is 7. The van der Waals surface area contributed by atoms with Crippen LogP contribution in [0.25, 0.3) is 0 Å². The van der Waals surface area contributed by atoms with E-state index >= 15 is 0 Å². The first-order valence-electron chi connectivity index (χ1n) is 6.16. The summed E-state index contributed by atoms with van der Waals surface area (Å²) in [6, 6.07) is 4.61. The highest BCUT2D eigenvalue weighted by molar-refractivity contribution is 5.97. The molecule has 0 aliphatic heterocycles. The lowest BCUT2D eigenvalue weighted by Gasteiger charge is -2.07. The van der Waals surface area contributed by atoms with Crippen LogP contribution in [0, 0.1) is 6.92 Å². The van der Waals surface area contributed by atoms with E-state index in [1.54, 1.807) is 20.1 Å². The molecule has 0 bridgehead atoms. The van der Waals surface area contributed by atoms with Gasteiger partial charge in [0.2, 0.25) is 0 Å². The number of carboxylic acid groups (broad SMARTS) is 1. The van der Waals surface area contributed by atoms with Crippen molar-refractivity contribution in [2.45, 2.75) is 19.8 Å². The highest BCUT2D eigenvalue weighted by atomic mass is 16.5. The van der Waals surface area contributed by atoms with E-state index in [4.69, 9.17) is 9.84 Å². The summed E-state index contributed by atoms with van der Waals surface area (Å²) in [4.78, 5) is 22.8. The number of ether oxygens (including phenoxy) is 1. The molecule has 0 saturated carbocycles. The molecule has 2 N–H and O–H groups in total. The van der Waals surface area contributed by atoms with Gasteiger partial charge >= 0.3 is 5.97 Å². The third-order valence-corrected chi connectivity index (χ3v) is 2.65. The molecule has 0 aliphatic rings. The molecule has 1 rings (SSSR count). The summed E-state index contributed by atoms with van der Waals surface area (Å²) >= 11 is 0. The molecule has 0 saturated heterocycles. The van der Waals surface area contributed by atoms with Crippen molar-refractivity contribution in [3.8, 4) is 0 Å². The Hall–Kier alpha value is -1.88. The largest absolute Gasteiger partial charge is 0.478 e. The first-order valence-corrected chi connectivity index (χ1v) is 6.16. The smallest absolute Gasteiger partial charge is 0.335 e. The van der Waals surface area contributed by atoms with E-state index in [0.29, 0.717) is 18.7 Å². The van der Waals surface area contributed by atoms with Gasteiger partial charge in [0.1, 0.15) is 0 Å². The van der Waals surface area contributed by atoms with Crippen LogP contribution in [0.3, 0.4) is 0 Å². The fraction of sp³-hybridized carbons (Fsp3) is 0.429. The van der Waals surface area contributed by atoms with Gasteiger partial charge in [-0.25, -0.2) is 4.79 Å². The molecule has 0 aliphatic carbocycles. The van der Waals surface area contributed by atoms with E-state index in [0.717, 1.165) is 18.4 Å². The van der Waals surface area contributed by atoms with Gasteiger partial charge in [-0.15, -0.1) is 0 Å². The van der Waals surface area contributed by atoms with E-state index in [1.165, 1.54) is 12.1 Å². The molecule has 5 nitrogen and oxygen atoms in total. The summed E-state index contributed by atoms with van der Waals surface area (Å²) in [7, 11) is 1.64. The lowest BCUT2D eigenvalue weighted by atomic mass is 10.1. The van der Waals surface area contributed by atoms with Crippen LogP contribution < -0.4 is 5.32 Å². The fourth-order valence-corrected chi connectivity index (χ4v) is 1.71. The second kappa shape index (κ2) is 7.53. The van der Waals surface area contributed by atoms with Gasteiger partial charge in [0.05, 0.1) is 5.56 Å². The Labute approximate surface area is 112 Å². The van der Waals surface area contributed by atoms with Gasteiger partial charge in [-0.2, -0.15) is 0 Å². The number of nitrogens with one attached hydrogen (secondary N) is 1. The average molecular weight is 265 g/mol. The van der Waals surface area contributed by atoms with Gasteiger partial charge < -0.3 is 15.2 Å². The number of amides is 1. The highest BCUT2D eigenvalue weighted by Gasteiger charge is 2.10. The lowest BCUT2D eigenvalue weighted by Crippen LogP contribution is -2.25. The maximum absolute atomic E-state index is 11.9. The minimum absolute atomic E-state index is 0.129. The van der Waals surface area contributed by atoms with Crippen molar-refractivity contribution < 1.29 is 19.4 Å². The maximum Gasteiger partial charge on any atom is 0.335 e. The van der Waals surface area contributed by atoms with Crippen LogP contribution in [-0.4, -0.2) is 37.2 Å². The van der Waals surface area contributed by atoms with Crippen molar-refractivity contribution in [3.05, 3.63) is 34.9 Å². The molecule has 0 unspecified atom stereocenters. The second-order valence-corrected chi connectivity index (χ2v) is 4.35. The number of carbonyl (C=O) groups excluding carboxylic acids is 1. The number of aryl methyl sites for hydroxylation is 1. The first-order chi connectivity index (χ1) is 9.04. The Morgan fingerprint density at radius 2 is 1.89 bits per heavy atom. The average Bonchev–Trinajstić information content (AvgIpc) is 2.37. The molecule has 0 atom stereocenters. The normalized spacial score (nSPS) is 10.2. The second-order valence-electron chi connectivity index (χ2n) is 4.35. The molecule has 5 heteroatoms. The highest BCUT2D eigenvalue weighted by Crippen LogP contribution is 2.10. The summed E-state index contributed by atoms with van der Waals surface area (Å²) in [5.74, 6) is -1.28. The van der Waals surface area contributed by atoms with Crippen molar-refractivity contribution in [2.24, 2.45) is 0 Å². The van der Waals surface area contributed by atoms with Crippen LogP contribution in [0.15, 0.2) is 18.2 Å². The Morgan fingerprint density at radius 1 is 1.21 bits per heavy atom.